The number of hydrogen-bond donors (Lipinski definition) is 2. The molecule has 0 unspecified atom stereocenters. The van der Waals surface area contributed by atoms with Crippen molar-refractivity contribution in [1.82, 2.24) is 9.62 Å². The van der Waals surface area contributed by atoms with Gasteiger partial charge in [-0.25, -0.2) is 13.1 Å². The number of aliphatic carboxylic acids is 1. The standard InChI is InChI=1S/C16H24N2O4S/c1-3-18(10-16(19)20)15-8-14(9-15)17-23(21,22)11-13-6-4-12(2)5-7-13/h4-7,14-15,17H,3,8-11H2,1-2H3,(H,19,20). The minimum atomic E-state index is -3.37. The van der Waals surface area contributed by atoms with Gasteiger partial charge in [-0.3, -0.25) is 9.69 Å². The van der Waals surface area contributed by atoms with Crippen LogP contribution < -0.4 is 4.72 Å². The molecule has 0 saturated heterocycles. The van der Waals surface area contributed by atoms with Gasteiger partial charge in [0.1, 0.15) is 0 Å². The molecule has 23 heavy (non-hydrogen) atoms. The summed E-state index contributed by atoms with van der Waals surface area (Å²) in [5, 5.41) is 8.87. The lowest BCUT2D eigenvalue weighted by Crippen LogP contribution is -2.54. The van der Waals surface area contributed by atoms with E-state index in [1.807, 2.05) is 43.0 Å². The predicted molar refractivity (Wildman–Crippen MR) is 88.6 cm³/mol. The van der Waals surface area contributed by atoms with Gasteiger partial charge in [0.25, 0.3) is 0 Å². The lowest BCUT2D eigenvalue weighted by molar-refractivity contribution is -0.139. The van der Waals surface area contributed by atoms with Crippen molar-refractivity contribution in [3.8, 4) is 0 Å². The van der Waals surface area contributed by atoms with Crippen LogP contribution in [-0.4, -0.2) is 49.6 Å². The largest absolute Gasteiger partial charge is 0.480 e. The molecule has 6 nitrogen and oxygen atoms in total. The van der Waals surface area contributed by atoms with Crippen LogP contribution in [0.2, 0.25) is 0 Å². The van der Waals surface area contributed by atoms with Gasteiger partial charge in [-0.1, -0.05) is 36.8 Å². The second kappa shape index (κ2) is 7.42. The molecule has 1 saturated carbocycles. The van der Waals surface area contributed by atoms with E-state index in [-0.39, 0.29) is 24.4 Å². The second-order valence-electron chi connectivity index (χ2n) is 6.14. The summed E-state index contributed by atoms with van der Waals surface area (Å²) in [6.45, 7) is 4.53. The van der Waals surface area contributed by atoms with Gasteiger partial charge in [0.2, 0.25) is 10.0 Å². The Bertz CT molecular complexity index is 637. The van der Waals surface area contributed by atoms with E-state index < -0.39 is 16.0 Å². The Hall–Kier alpha value is -1.44. The predicted octanol–water partition coefficient (Wildman–Crippen LogP) is 1.35. The Balaban J connectivity index is 1.84. The summed E-state index contributed by atoms with van der Waals surface area (Å²) in [6, 6.07) is 7.49. The maximum absolute atomic E-state index is 12.2. The lowest BCUT2D eigenvalue weighted by atomic mass is 9.86. The van der Waals surface area contributed by atoms with E-state index >= 15 is 0 Å². The van der Waals surface area contributed by atoms with Crippen LogP contribution >= 0.6 is 0 Å². The van der Waals surface area contributed by atoms with E-state index in [0.29, 0.717) is 19.4 Å². The van der Waals surface area contributed by atoms with Crippen molar-refractivity contribution in [2.24, 2.45) is 0 Å². The molecule has 1 aliphatic rings. The third-order valence-corrected chi connectivity index (χ3v) is 5.60. The highest BCUT2D eigenvalue weighted by atomic mass is 32.2. The van der Waals surface area contributed by atoms with E-state index in [0.717, 1.165) is 11.1 Å². The molecule has 1 aromatic rings. The number of likely N-dealkylation sites (N-methyl/N-ethyl adjacent to an activating group) is 1. The first kappa shape index (κ1) is 17.9. The SMILES string of the molecule is CCN(CC(=O)O)C1CC(NS(=O)(=O)Cc2ccc(C)cc2)C1. The van der Waals surface area contributed by atoms with Crippen LogP contribution in [0.1, 0.15) is 30.9 Å². The van der Waals surface area contributed by atoms with Crippen molar-refractivity contribution >= 4 is 16.0 Å². The Morgan fingerprint density at radius 2 is 1.91 bits per heavy atom. The van der Waals surface area contributed by atoms with Gasteiger partial charge < -0.3 is 5.11 Å². The summed E-state index contributed by atoms with van der Waals surface area (Å²) in [6.07, 6.45) is 1.32. The van der Waals surface area contributed by atoms with E-state index in [1.165, 1.54) is 0 Å². The molecule has 0 aliphatic heterocycles. The van der Waals surface area contributed by atoms with Gasteiger partial charge in [0.15, 0.2) is 0 Å². The van der Waals surface area contributed by atoms with Gasteiger partial charge in [-0.05, 0) is 31.9 Å². The first-order valence-corrected chi connectivity index (χ1v) is 9.45. The number of nitrogens with zero attached hydrogens (tertiary/aromatic N) is 1. The number of aryl methyl sites for hydroxylation is 1. The Kier molecular flexibility index (Phi) is 5.78. The number of nitrogens with one attached hydrogen (secondary N) is 1. The number of benzene rings is 1. The molecule has 2 N–H and O–H groups in total. The molecule has 1 aromatic carbocycles. The molecule has 1 aliphatic carbocycles. The Morgan fingerprint density at radius 3 is 2.43 bits per heavy atom. The molecule has 0 bridgehead atoms. The molecule has 2 rings (SSSR count). The fourth-order valence-corrected chi connectivity index (χ4v) is 4.27. The van der Waals surface area contributed by atoms with E-state index in [2.05, 4.69) is 4.72 Å². The molecule has 0 radical (unpaired) electrons. The quantitative estimate of drug-likeness (QED) is 0.746. The van der Waals surface area contributed by atoms with Crippen LogP contribution in [0, 0.1) is 6.92 Å². The van der Waals surface area contributed by atoms with Crippen molar-refractivity contribution in [1.29, 1.82) is 0 Å². The number of carbonyl (C=O) groups is 1. The molecule has 7 heteroatoms. The van der Waals surface area contributed by atoms with Crippen LogP contribution in [0.5, 0.6) is 0 Å². The number of hydrogen-bond acceptors (Lipinski definition) is 4. The van der Waals surface area contributed by atoms with Crippen LogP contribution in [0.25, 0.3) is 0 Å². The lowest BCUT2D eigenvalue weighted by Gasteiger charge is -2.42. The highest BCUT2D eigenvalue weighted by Crippen LogP contribution is 2.26. The first-order chi connectivity index (χ1) is 10.8. The van der Waals surface area contributed by atoms with Gasteiger partial charge in [0.05, 0.1) is 12.3 Å². The number of sulfonamides is 1. The first-order valence-electron chi connectivity index (χ1n) is 7.80. The fourth-order valence-electron chi connectivity index (χ4n) is 2.85. The third-order valence-electron chi connectivity index (χ3n) is 4.20. The molecule has 0 amide bonds. The zero-order valence-electron chi connectivity index (χ0n) is 13.5. The molecular weight excluding hydrogens is 316 g/mol. The van der Waals surface area contributed by atoms with E-state index in [1.54, 1.807) is 0 Å². The molecule has 0 atom stereocenters. The Labute approximate surface area is 137 Å². The maximum atomic E-state index is 12.2. The molecule has 128 valence electrons. The minimum Gasteiger partial charge on any atom is -0.480 e. The summed E-state index contributed by atoms with van der Waals surface area (Å²) >= 11 is 0. The van der Waals surface area contributed by atoms with Crippen molar-refractivity contribution in [2.45, 2.75) is 44.5 Å². The highest BCUT2D eigenvalue weighted by Gasteiger charge is 2.35. The van der Waals surface area contributed by atoms with Gasteiger partial charge in [-0.2, -0.15) is 0 Å². The topological polar surface area (TPSA) is 86.7 Å². The van der Waals surface area contributed by atoms with Crippen molar-refractivity contribution in [3.63, 3.8) is 0 Å². The highest BCUT2D eigenvalue weighted by molar-refractivity contribution is 7.88. The number of carboxylic acid groups (broad SMARTS) is 1. The molecule has 1 fully saturated rings. The number of rotatable bonds is 8. The summed E-state index contributed by atoms with van der Waals surface area (Å²) in [5.74, 6) is -0.878. The fraction of sp³-hybridized carbons (Fsp3) is 0.562. The summed E-state index contributed by atoms with van der Waals surface area (Å²) in [7, 11) is -3.37. The van der Waals surface area contributed by atoms with Crippen LogP contribution in [0.3, 0.4) is 0 Å². The monoisotopic (exact) mass is 340 g/mol. The summed E-state index contributed by atoms with van der Waals surface area (Å²) in [5.41, 5.74) is 1.86. The Morgan fingerprint density at radius 1 is 1.30 bits per heavy atom. The maximum Gasteiger partial charge on any atom is 0.317 e. The summed E-state index contributed by atoms with van der Waals surface area (Å²) < 4.78 is 27.1. The number of carboxylic acids is 1. The molecule has 0 aromatic heterocycles. The normalized spacial score (nSPS) is 21.2. The van der Waals surface area contributed by atoms with Crippen LogP contribution in [-0.2, 0) is 20.6 Å². The second-order valence-corrected chi connectivity index (χ2v) is 7.90. The third kappa shape index (κ3) is 5.30. The zero-order valence-corrected chi connectivity index (χ0v) is 14.3. The molecule has 0 spiro atoms. The minimum absolute atomic E-state index is 0.00397. The van der Waals surface area contributed by atoms with Crippen LogP contribution in [0.15, 0.2) is 24.3 Å². The van der Waals surface area contributed by atoms with Crippen molar-refractivity contribution in [3.05, 3.63) is 35.4 Å². The van der Waals surface area contributed by atoms with Gasteiger partial charge in [0, 0.05) is 12.1 Å². The zero-order chi connectivity index (χ0) is 17.0. The smallest absolute Gasteiger partial charge is 0.317 e. The molecular formula is C16H24N2O4S. The average molecular weight is 340 g/mol. The van der Waals surface area contributed by atoms with Crippen molar-refractivity contribution in [2.75, 3.05) is 13.1 Å². The van der Waals surface area contributed by atoms with E-state index in [9.17, 15) is 13.2 Å². The van der Waals surface area contributed by atoms with Crippen LogP contribution in [0.4, 0.5) is 0 Å². The van der Waals surface area contributed by atoms with Crippen molar-refractivity contribution < 1.29 is 18.3 Å². The summed E-state index contributed by atoms with van der Waals surface area (Å²) in [4.78, 5) is 12.7. The van der Waals surface area contributed by atoms with Gasteiger partial charge >= 0.3 is 5.97 Å². The van der Waals surface area contributed by atoms with E-state index in [4.69, 9.17) is 5.11 Å². The average Bonchev–Trinajstić information content (AvgIpc) is 2.42. The molecule has 0 heterocycles. The van der Waals surface area contributed by atoms with Gasteiger partial charge in [-0.15, -0.1) is 0 Å².